The van der Waals surface area contributed by atoms with E-state index in [0.29, 0.717) is 5.03 Å². The number of nitrogens with zero attached hydrogens (tertiary/aromatic N) is 1. The summed E-state index contributed by atoms with van der Waals surface area (Å²) in [6, 6.07) is 3.34. The van der Waals surface area contributed by atoms with E-state index in [0.717, 1.165) is 30.9 Å². The zero-order valence-electron chi connectivity index (χ0n) is 9.68. The zero-order chi connectivity index (χ0) is 12.3. The highest BCUT2D eigenvalue weighted by Crippen LogP contribution is 2.25. The second-order valence-corrected chi connectivity index (χ2v) is 5.07. The van der Waals surface area contributed by atoms with Gasteiger partial charge < -0.3 is 9.84 Å². The molecule has 17 heavy (non-hydrogen) atoms. The molecule has 0 amide bonds. The maximum absolute atomic E-state index is 11.0. The molecule has 0 aromatic carbocycles. The third kappa shape index (κ3) is 3.20. The molecule has 1 saturated heterocycles. The lowest BCUT2D eigenvalue weighted by molar-refractivity contribution is 0.0692. The molecular formula is C12H15NO3S. The Hall–Kier alpha value is -1.07. The summed E-state index contributed by atoms with van der Waals surface area (Å²) in [5.74, 6) is -0.149. The van der Waals surface area contributed by atoms with Crippen LogP contribution < -0.4 is 0 Å². The number of aromatic carboxylic acids is 1. The molecule has 0 radical (unpaired) electrons. The van der Waals surface area contributed by atoms with Crippen LogP contribution in [0.15, 0.2) is 17.2 Å². The second kappa shape index (κ2) is 5.51. The molecule has 0 saturated carbocycles. The fourth-order valence-electron chi connectivity index (χ4n) is 1.75. The Kier molecular flexibility index (Phi) is 4.02. The SMILES string of the molecule is Cc1ccc(C(=O)O)c(SCC2CCCO2)n1. The number of carbonyl (C=O) groups is 1. The number of carboxylic acid groups (broad SMARTS) is 1. The van der Waals surface area contributed by atoms with Crippen molar-refractivity contribution in [3.63, 3.8) is 0 Å². The predicted octanol–water partition coefficient (Wildman–Crippen LogP) is 2.36. The number of thioether (sulfide) groups is 1. The van der Waals surface area contributed by atoms with Crippen LogP contribution in [0.1, 0.15) is 28.9 Å². The zero-order valence-corrected chi connectivity index (χ0v) is 10.5. The molecular weight excluding hydrogens is 238 g/mol. The molecule has 1 N–H and O–H groups in total. The molecule has 1 unspecified atom stereocenters. The number of hydrogen-bond donors (Lipinski definition) is 1. The summed E-state index contributed by atoms with van der Waals surface area (Å²) in [6.45, 7) is 2.68. The Morgan fingerprint density at radius 3 is 3.12 bits per heavy atom. The van der Waals surface area contributed by atoms with Crippen LogP contribution >= 0.6 is 11.8 Å². The van der Waals surface area contributed by atoms with Gasteiger partial charge in [-0.1, -0.05) is 0 Å². The van der Waals surface area contributed by atoms with Gasteiger partial charge in [0.05, 0.1) is 11.7 Å². The topological polar surface area (TPSA) is 59.4 Å². The normalized spacial score (nSPS) is 19.5. The molecule has 2 heterocycles. The molecule has 1 aliphatic heterocycles. The maximum atomic E-state index is 11.0. The van der Waals surface area contributed by atoms with Crippen molar-refractivity contribution in [2.75, 3.05) is 12.4 Å². The van der Waals surface area contributed by atoms with E-state index in [2.05, 4.69) is 4.98 Å². The van der Waals surface area contributed by atoms with Crippen molar-refractivity contribution < 1.29 is 14.6 Å². The van der Waals surface area contributed by atoms with Crippen LogP contribution in [0.2, 0.25) is 0 Å². The highest BCUT2D eigenvalue weighted by Gasteiger charge is 2.18. The van der Waals surface area contributed by atoms with Gasteiger partial charge in [0.15, 0.2) is 0 Å². The lowest BCUT2D eigenvalue weighted by Gasteiger charge is -2.10. The van der Waals surface area contributed by atoms with Gasteiger partial charge in [0.1, 0.15) is 5.03 Å². The van der Waals surface area contributed by atoms with E-state index in [1.54, 1.807) is 12.1 Å². The number of hydrogen-bond acceptors (Lipinski definition) is 4. The standard InChI is InChI=1S/C12H15NO3S/c1-8-4-5-10(12(14)15)11(13-8)17-7-9-3-2-6-16-9/h4-5,9H,2-3,6-7H2,1H3,(H,14,15). The van der Waals surface area contributed by atoms with E-state index >= 15 is 0 Å². The minimum Gasteiger partial charge on any atom is -0.478 e. The van der Waals surface area contributed by atoms with E-state index in [-0.39, 0.29) is 11.7 Å². The molecule has 1 fully saturated rings. The van der Waals surface area contributed by atoms with Crippen LogP contribution in [0, 0.1) is 6.92 Å². The summed E-state index contributed by atoms with van der Waals surface area (Å²) >= 11 is 1.47. The molecule has 0 aliphatic carbocycles. The summed E-state index contributed by atoms with van der Waals surface area (Å²) in [6.07, 6.45) is 2.39. The Balaban J connectivity index is 2.07. The number of aryl methyl sites for hydroxylation is 1. The van der Waals surface area contributed by atoms with Crippen LogP contribution in [0.25, 0.3) is 0 Å². The summed E-state index contributed by atoms with van der Waals surface area (Å²) in [7, 11) is 0. The molecule has 1 aliphatic rings. The van der Waals surface area contributed by atoms with Gasteiger partial charge in [0.25, 0.3) is 0 Å². The first-order chi connectivity index (χ1) is 8.16. The van der Waals surface area contributed by atoms with Gasteiger partial charge in [-0.2, -0.15) is 0 Å². The quantitative estimate of drug-likeness (QED) is 0.835. The third-order valence-electron chi connectivity index (χ3n) is 2.66. The monoisotopic (exact) mass is 253 g/mol. The van der Waals surface area contributed by atoms with Gasteiger partial charge in [0.2, 0.25) is 0 Å². The van der Waals surface area contributed by atoms with Crippen molar-refractivity contribution in [2.24, 2.45) is 0 Å². The minimum atomic E-state index is -0.924. The number of pyridine rings is 1. The Labute approximate surface area is 104 Å². The Morgan fingerprint density at radius 1 is 1.65 bits per heavy atom. The first-order valence-corrected chi connectivity index (χ1v) is 6.60. The molecule has 5 heteroatoms. The summed E-state index contributed by atoms with van der Waals surface area (Å²) in [5, 5.41) is 9.65. The third-order valence-corrected chi connectivity index (χ3v) is 3.78. The van der Waals surface area contributed by atoms with Gasteiger partial charge in [0, 0.05) is 18.1 Å². The Morgan fingerprint density at radius 2 is 2.47 bits per heavy atom. The van der Waals surface area contributed by atoms with E-state index in [1.807, 2.05) is 6.92 Å². The number of aromatic nitrogens is 1. The molecule has 1 atom stereocenters. The van der Waals surface area contributed by atoms with E-state index in [4.69, 9.17) is 9.84 Å². The molecule has 92 valence electrons. The van der Waals surface area contributed by atoms with Crippen molar-refractivity contribution in [1.29, 1.82) is 0 Å². The van der Waals surface area contributed by atoms with Crippen LogP contribution in [0.4, 0.5) is 0 Å². The summed E-state index contributed by atoms with van der Waals surface area (Å²) in [5.41, 5.74) is 1.11. The van der Waals surface area contributed by atoms with Crippen LogP contribution in [-0.4, -0.2) is 34.5 Å². The van der Waals surface area contributed by atoms with Crippen LogP contribution in [0.3, 0.4) is 0 Å². The molecule has 0 bridgehead atoms. The van der Waals surface area contributed by atoms with E-state index in [1.165, 1.54) is 11.8 Å². The van der Waals surface area contributed by atoms with Crippen molar-refractivity contribution in [3.8, 4) is 0 Å². The van der Waals surface area contributed by atoms with E-state index < -0.39 is 5.97 Å². The predicted molar refractivity (Wildman–Crippen MR) is 65.6 cm³/mol. The number of ether oxygens (including phenoxy) is 1. The molecule has 1 aromatic rings. The second-order valence-electron chi connectivity index (χ2n) is 4.06. The van der Waals surface area contributed by atoms with Gasteiger partial charge in [-0.05, 0) is 31.9 Å². The lowest BCUT2D eigenvalue weighted by Crippen LogP contribution is -2.09. The number of carboxylic acids is 1. The van der Waals surface area contributed by atoms with Gasteiger partial charge >= 0.3 is 5.97 Å². The summed E-state index contributed by atoms with van der Waals surface area (Å²) in [4.78, 5) is 15.3. The smallest absolute Gasteiger partial charge is 0.338 e. The average molecular weight is 253 g/mol. The highest BCUT2D eigenvalue weighted by molar-refractivity contribution is 7.99. The van der Waals surface area contributed by atoms with Crippen molar-refractivity contribution in [1.82, 2.24) is 4.98 Å². The highest BCUT2D eigenvalue weighted by atomic mass is 32.2. The minimum absolute atomic E-state index is 0.240. The molecule has 1 aromatic heterocycles. The fourth-order valence-corrected chi connectivity index (χ4v) is 2.88. The Bertz CT molecular complexity index is 416. The maximum Gasteiger partial charge on any atom is 0.338 e. The first kappa shape index (κ1) is 12.4. The van der Waals surface area contributed by atoms with Gasteiger partial charge in [-0.15, -0.1) is 11.8 Å². The number of rotatable bonds is 4. The molecule has 0 spiro atoms. The van der Waals surface area contributed by atoms with E-state index in [9.17, 15) is 4.79 Å². The largest absolute Gasteiger partial charge is 0.478 e. The lowest BCUT2D eigenvalue weighted by atomic mass is 10.2. The van der Waals surface area contributed by atoms with Gasteiger partial charge in [-0.3, -0.25) is 0 Å². The summed E-state index contributed by atoms with van der Waals surface area (Å²) < 4.78 is 5.51. The first-order valence-electron chi connectivity index (χ1n) is 5.62. The molecule has 2 rings (SSSR count). The molecule has 4 nitrogen and oxygen atoms in total. The van der Waals surface area contributed by atoms with Crippen LogP contribution in [-0.2, 0) is 4.74 Å². The van der Waals surface area contributed by atoms with Crippen molar-refractivity contribution in [2.45, 2.75) is 30.9 Å². The average Bonchev–Trinajstić information content (AvgIpc) is 2.78. The van der Waals surface area contributed by atoms with Crippen LogP contribution in [0.5, 0.6) is 0 Å². The fraction of sp³-hybridized carbons (Fsp3) is 0.500. The van der Waals surface area contributed by atoms with Gasteiger partial charge in [-0.25, -0.2) is 9.78 Å². The van der Waals surface area contributed by atoms with Crippen molar-refractivity contribution in [3.05, 3.63) is 23.4 Å². The van der Waals surface area contributed by atoms with Crippen molar-refractivity contribution >= 4 is 17.7 Å².